The normalized spacial score (nSPS) is 11.6. The second-order valence-corrected chi connectivity index (χ2v) is 4.02. The van der Waals surface area contributed by atoms with E-state index >= 15 is 0 Å². The van der Waals surface area contributed by atoms with E-state index < -0.39 is 22.7 Å². The van der Waals surface area contributed by atoms with Gasteiger partial charge in [0.05, 0.1) is 17.8 Å². The van der Waals surface area contributed by atoms with E-state index in [9.17, 15) is 18.0 Å². The van der Waals surface area contributed by atoms with E-state index in [2.05, 4.69) is 10.1 Å². The lowest BCUT2D eigenvalue weighted by molar-refractivity contribution is -0.141. The molecule has 100 valence electrons. The van der Waals surface area contributed by atoms with Gasteiger partial charge in [0, 0.05) is 12.4 Å². The van der Waals surface area contributed by atoms with Crippen LogP contribution in [0.1, 0.15) is 21.7 Å². The molecule has 0 aliphatic rings. The highest BCUT2D eigenvalue weighted by Crippen LogP contribution is 2.31. The molecule has 0 aliphatic carbocycles. The zero-order chi connectivity index (χ0) is 14.0. The van der Waals surface area contributed by atoms with Crippen molar-refractivity contribution in [3.8, 4) is 0 Å². The fourth-order valence-electron chi connectivity index (χ4n) is 1.51. The molecule has 0 radical (unpaired) electrons. The molecule has 2 aromatic rings. The Hall–Kier alpha value is -1.89. The van der Waals surface area contributed by atoms with Crippen LogP contribution in [0, 0.1) is 0 Å². The van der Waals surface area contributed by atoms with Crippen LogP contribution in [0.3, 0.4) is 0 Å². The molecule has 0 fully saturated rings. The van der Waals surface area contributed by atoms with Gasteiger partial charge in [-0.1, -0.05) is 6.07 Å². The highest BCUT2D eigenvalue weighted by Gasteiger charge is 2.38. The molecule has 0 spiro atoms. The van der Waals surface area contributed by atoms with Crippen LogP contribution in [0.2, 0.25) is 0 Å². The molecule has 0 unspecified atom stereocenters. The van der Waals surface area contributed by atoms with Crippen molar-refractivity contribution in [2.75, 3.05) is 0 Å². The maximum absolute atomic E-state index is 12.7. The SMILES string of the molecule is O=C(Cl)c1cn(Cc2ccccn2)nc1C(F)(F)F. The molecule has 2 aromatic heterocycles. The minimum Gasteiger partial charge on any atom is -0.275 e. The number of pyridine rings is 1. The van der Waals surface area contributed by atoms with Crippen molar-refractivity contribution in [2.24, 2.45) is 0 Å². The van der Waals surface area contributed by atoms with Crippen LogP contribution >= 0.6 is 11.6 Å². The molecular formula is C11H7ClF3N3O. The molecule has 0 atom stereocenters. The zero-order valence-corrected chi connectivity index (χ0v) is 10.1. The minimum absolute atomic E-state index is 0.0219. The molecule has 0 saturated carbocycles. The van der Waals surface area contributed by atoms with Gasteiger partial charge in [0.1, 0.15) is 0 Å². The minimum atomic E-state index is -4.73. The first-order chi connectivity index (χ1) is 8.88. The second kappa shape index (κ2) is 5.00. The Balaban J connectivity index is 2.36. The Morgan fingerprint density at radius 2 is 2.11 bits per heavy atom. The highest BCUT2D eigenvalue weighted by atomic mass is 35.5. The third-order valence-electron chi connectivity index (χ3n) is 2.29. The van der Waals surface area contributed by atoms with E-state index in [0.717, 1.165) is 10.9 Å². The van der Waals surface area contributed by atoms with Crippen molar-refractivity contribution in [3.05, 3.63) is 47.5 Å². The van der Waals surface area contributed by atoms with E-state index in [1.807, 2.05) is 0 Å². The summed E-state index contributed by atoms with van der Waals surface area (Å²) in [5.41, 5.74) is -1.43. The lowest BCUT2D eigenvalue weighted by Crippen LogP contribution is -2.11. The summed E-state index contributed by atoms with van der Waals surface area (Å²) >= 11 is 5.12. The Morgan fingerprint density at radius 1 is 1.37 bits per heavy atom. The van der Waals surface area contributed by atoms with E-state index in [0.29, 0.717) is 5.69 Å². The van der Waals surface area contributed by atoms with Crippen LogP contribution in [-0.4, -0.2) is 20.0 Å². The molecule has 0 aromatic carbocycles. The smallest absolute Gasteiger partial charge is 0.275 e. The molecule has 2 rings (SSSR count). The molecule has 0 aliphatic heterocycles. The number of carbonyl (C=O) groups excluding carboxylic acids is 1. The van der Waals surface area contributed by atoms with Gasteiger partial charge in [-0.05, 0) is 23.7 Å². The summed E-state index contributed by atoms with van der Waals surface area (Å²) in [5, 5.41) is 2.15. The summed E-state index contributed by atoms with van der Waals surface area (Å²) in [4.78, 5) is 14.9. The Kier molecular flexibility index (Phi) is 3.57. The van der Waals surface area contributed by atoms with E-state index in [-0.39, 0.29) is 6.54 Å². The van der Waals surface area contributed by atoms with Crippen molar-refractivity contribution < 1.29 is 18.0 Å². The van der Waals surface area contributed by atoms with E-state index in [1.54, 1.807) is 18.2 Å². The maximum Gasteiger partial charge on any atom is 0.435 e. The van der Waals surface area contributed by atoms with Crippen LogP contribution in [0.4, 0.5) is 13.2 Å². The fourth-order valence-corrected chi connectivity index (χ4v) is 1.65. The zero-order valence-electron chi connectivity index (χ0n) is 9.36. The summed E-state index contributed by atoms with van der Waals surface area (Å²) in [6.45, 7) is 0.0219. The molecule has 2 heterocycles. The number of hydrogen-bond donors (Lipinski definition) is 0. The number of carbonyl (C=O) groups is 1. The van der Waals surface area contributed by atoms with Crippen LogP contribution in [0.5, 0.6) is 0 Å². The average Bonchev–Trinajstić information content (AvgIpc) is 2.74. The first-order valence-electron chi connectivity index (χ1n) is 5.12. The molecule has 0 amide bonds. The van der Waals surface area contributed by atoms with Crippen molar-refractivity contribution in [1.82, 2.24) is 14.8 Å². The second-order valence-electron chi connectivity index (χ2n) is 3.68. The summed E-state index contributed by atoms with van der Waals surface area (Å²) in [6.07, 6.45) is -2.25. The Labute approximate surface area is 110 Å². The van der Waals surface area contributed by atoms with Gasteiger partial charge in [-0.15, -0.1) is 0 Å². The lowest BCUT2D eigenvalue weighted by Gasteiger charge is -2.03. The van der Waals surface area contributed by atoms with Gasteiger partial charge in [-0.2, -0.15) is 18.3 Å². The number of rotatable bonds is 3. The molecule has 0 bridgehead atoms. The van der Waals surface area contributed by atoms with Gasteiger partial charge in [-0.3, -0.25) is 14.5 Å². The van der Waals surface area contributed by atoms with Crippen LogP contribution < -0.4 is 0 Å². The Bertz CT molecular complexity index is 595. The number of aromatic nitrogens is 3. The quantitative estimate of drug-likeness (QED) is 0.816. The molecule has 4 nitrogen and oxygen atoms in total. The van der Waals surface area contributed by atoms with Crippen LogP contribution in [0.15, 0.2) is 30.6 Å². The summed E-state index contributed by atoms with van der Waals surface area (Å²) in [5.74, 6) is 0. The topological polar surface area (TPSA) is 47.8 Å². The standard InChI is InChI=1S/C11H7ClF3N3O/c12-10(19)8-6-18(17-9(8)11(13,14)15)5-7-3-1-2-4-16-7/h1-4,6H,5H2. The van der Waals surface area contributed by atoms with Gasteiger partial charge >= 0.3 is 6.18 Å². The van der Waals surface area contributed by atoms with Crippen LogP contribution in [-0.2, 0) is 12.7 Å². The number of nitrogens with zero attached hydrogens (tertiary/aromatic N) is 3. The molecule has 8 heteroatoms. The highest BCUT2D eigenvalue weighted by molar-refractivity contribution is 6.67. The summed E-state index contributed by atoms with van der Waals surface area (Å²) in [7, 11) is 0. The third-order valence-corrected chi connectivity index (χ3v) is 2.50. The molecule has 0 N–H and O–H groups in total. The first-order valence-corrected chi connectivity index (χ1v) is 5.50. The van der Waals surface area contributed by atoms with Crippen molar-refractivity contribution >= 4 is 16.8 Å². The van der Waals surface area contributed by atoms with E-state index in [1.165, 1.54) is 6.20 Å². The average molecular weight is 290 g/mol. The predicted molar refractivity (Wildman–Crippen MR) is 60.8 cm³/mol. The third kappa shape index (κ3) is 3.11. The van der Waals surface area contributed by atoms with Crippen molar-refractivity contribution in [2.45, 2.75) is 12.7 Å². The molecule has 0 saturated heterocycles. The van der Waals surface area contributed by atoms with Crippen molar-refractivity contribution in [1.29, 1.82) is 0 Å². The van der Waals surface area contributed by atoms with Crippen LogP contribution in [0.25, 0.3) is 0 Å². The number of halogens is 4. The maximum atomic E-state index is 12.7. The number of alkyl halides is 3. The molecule has 19 heavy (non-hydrogen) atoms. The van der Waals surface area contributed by atoms with Crippen molar-refractivity contribution in [3.63, 3.8) is 0 Å². The van der Waals surface area contributed by atoms with Gasteiger partial charge in [0.15, 0.2) is 5.69 Å². The van der Waals surface area contributed by atoms with Gasteiger partial charge < -0.3 is 0 Å². The summed E-state index contributed by atoms with van der Waals surface area (Å²) in [6, 6.07) is 5.02. The van der Waals surface area contributed by atoms with Gasteiger partial charge in [0.2, 0.25) is 0 Å². The molecular weight excluding hydrogens is 283 g/mol. The van der Waals surface area contributed by atoms with E-state index in [4.69, 9.17) is 11.6 Å². The monoisotopic (exact) mass is 289 g/mol. The van der Waals surface area contributed by atoms with Gasteiger partial charge in [-0.25, -0.2) is 0 Å². The predicted octanol–water partition coefficient (Wildman–Crippen LogP) is 2.72. The van der Waals surface area contributed by atoms with Gasteiger partial charge in [0.25, 0.3) is 5.24 Å². The summed E-state index contributed by atoms with van der Waals surface area (Å²) < 4.78 is 39.0. The largest absolute Gasteiger partial charge is 0.435 e. The number of hydrogen-bond acceptors (Lipinski definition) is 3. The lowest BCUT2D eigenvalue weighted by atomic mass is 10.2. The Morgan fingerprint density at radius 3 is 2.58 bits per heavy atom. The fraction of sp³-hybridized carbons (Fsp3) is 0.182. The first kappa shape index (κ1) is 13.5.